The van der Waals surface area contributed by atoms with Crippen LogP contribution in [0.2, 0.25) is 4.34 Å². The predicted molar refractivity (Wildman–Crippen MR) is 128 cm³/mol. The maximum atomic E-state index is 13.8. The van der Waals surface area contributed by atoms with Crippen LogP contribution in [0.25, 0.3) is 0 Å². The van der Waals surface area contributed by atoms with E-state index in [4.69, 9.17) is 16.3 Å². The number of halogens is 7. The van der Waals surface area contributed by atoms with Crippen molar-refractivity contribution in [1.29, 1.82) is 0 Å². The molecule has 9 nitrogen and oxygen atoms in total. The number of hydrogen-bond acceptors (Lipinski definition) is 6. The van der Waals surface area contributed by atoms with Crippen LogP contribution >= 0.6 is 22.9 Å². The van der Waals surface area contributed by atoms with Gasteiger partial charge in [-0.15, -0.1) is 11.3 Å². The Morgan fingerprint density at radius 2 is 1.85 bits per heavy atom. The van der Waals surface area contributed by atoms with Crippen LogP contribution in [0.4, 0.5) is 37.7 Å². The second-order valence-corrected chi connectivity index (χ2v) is 9.64. The second-order valence-electron chi connectivity index (χ2n) is 7.92. The monoisotopic (exact) mass is 600 g/mol. The van der Waals surface area contributed by atoms with Crippen molar-refractivity contribution in [2.45, 2.75) is 24.8 Å². The molecule has 39 heavy (non-hydrogen) atoms. The average Bonchev–Trinajstić information content (AvgIpc) is 3.32. The summed E-state index contributed by atoms with van der Waals surface area (Å²) in [6, 6.07) is 3.72. The Hall–Kier alpha value is -3.37. The number of benzene rings is 1. The number of thiophene rings is 1. The molecule has 1 aromatic heterocycles. The van der Waals surface area contributed by atoms with E-state index < -0.39 is 60.6 Å². The van der Waals surface area contributed by atoms with Gasteiger partial charge in [0, 0.05) is 24.3 Å². The van der Waals surface area contributed by atoms with Crippen LogP contribution in [0, 0.1) is 0 Å². The summed E-state index contributed by atoms with van der Waals surface area (Å²) in [5, 5.41) is 5.74. The number of rotatable bonds is 10. The Morgan fingerprint density at radius 3 is 2.44 bits per heavy atom. The van der Waals surface area contributed by atoms with Crippen LogP contribution < -0.4 is 20.9 Å². The van der Waals surface area contributed by atoms with Crippen molar-refractivity contribution < 1.29 is 50.3 Å². The lowest BCUT2D eigenvalue weighted by Gasteiger charge is -2.29. The van der Waals surface area contributed by atoms with E-state index in [1.807, 2.05) is 0 Å². The third-order valence-corrected chi connectivity index (χ3v) is 6.50. The third kappa shape index (κ3) is 7.39. The lowest BCUT2D eigenvalue weighted by Crippen LogP contribution is -2.56. The van der Waals surface area contributed by atoms with E-state index in [1.165, 1.54) is 17.4 Å². The van der Waals surface area contributed by atoms with Gasteiger partial charge in [0.25, 0.3) is 24.1 Å². The van der Waals surface area contributed by atoms with Crippen molar-refractivity contribution in [3.05, 3.63) is 45.1 Å². The zero-order valence-electron chi connectivity index (χ0n) is 19.5. The second kappa shape index (κ2) is 12.7. The number of alkyl halides is 6. The Morgan fingerprint density at radius 1 is 1.13 bits per heavy atom. The lowest BCUT2D eigenvalue weighted by atomic mass is 10.1. The van der Waals surface area contributed by atoms with Crippen LogP contribution in [0.1, 0.15) is 21.7 Å². The largest absolute Gasteiger partial charge is 0.383 e. The first kappa shape index (κ1) is 30.2. The molecule has 0 saturated carbocycles. The Balaban J connectivity index is 1.82. The molecule has 0 unspecified atom stereocenters. The number of anilines is 2. The van der Waals surface area contributed by atoms with Gasteiger partial charge in [0.05, 0.1) is 21.5 Å². The third-order valence-electron chi connectivity index (χ3n) is 5.27. The fourth-order valence-electron chi connectivity index (χ4n) is 3.34. The molecule has 1 aliphatic rings. The van der Waals surface area contributed by atoms with Gasteiger partial charge in [-0.2, -0.15) is 8.78 Å². The van der Waals surface area contributed by atoms with Crippen LogP contribution in [-0.4, -0.2) is 68.3 Å². The van der Waals surface area contributed by atoms with Crippen LogP contribution in [0.3, 0.4) is 0 Å². The molecule has 1 atom stereocenters. The van der Waals surface area contributed by atoms with Crippen LogP contribution in [-0.2, 0) is 19.1 Å². The first-order chi connectivity index (χ1) is 18.3. The summed E-state index contributed by atoms with van der Waals surface area (Å²) >= 11 is 6.58. The minimum atomic E-state index is -5.17. The van der Waals surface area contributed by atoms with Crippen molar-refractivity contribution in [3.8, 4) is 0 Å². The molecule has 2 aromatic rings. The number of carbonyl (C=O) groups excluding carboxylic acids is 4. The fourth-order valence-corrected chi connectivity index (χ4v) is 4.30. The molecular formula is C22H19ClF6N4O5S. The maximum absolute atomic E-state index is 13.8. The molecule has 1 saturated heterocycles. The summed E-state index contributed by atoms with van der Waals surface area (Å²) < 4.78 is 85.1. The highest BCUT2D eigenvalue weighted by atomic mass is 35.5. The quantitative estimate of drug-likeness (QED) is 0.361. The van der Waals surface area contributed by atoms with Gasteiger partial charge >= 0.3 is 12.3 Å². The highest BCUT2D eigenvalue weighted by Gasteiger charge is 2.50. The number of hydrogen-bond donors (Lipinski definition) is 3. The SMILES string of the molecule is O=C(NC[C@H](NC(=O)C(F)(F)C(F)F)C(=O)Nc1ccc(N2CCOCC2=O)c(C(F)F)c1)c1ccc(Cl)s1. The molecule has 0 spiro atoms. The summed E-state index contributed by atoms with van der Waals surface area (Å²) in [5.41, 5.74) is -1.11. The molecule has 0 bridgehead atoms. The lowest BCUT2D eigenvalue weighted by molar-refractivity contribution is -0.170. The molecule has 0 radical (unpaired) electrons. The van der Waals surface area contributed by atoms with E-state index >= 15 is 0 Å². The summed E-state index contributed by atoms with van der Waals surface area (Å²) in [6.07, 6.45) is -7.50. The first-order valence-electron chi connectivity index (χ1n) is 10.9. The van der Waals surface area contributed by atoms with E-state index in [2.05, 4.69) is 10.6 Å². The topological polar surface area (TPSA) is 117 Å². The fraction of sp³-hybridized carbons (Fsp3) is 0.364. The number of morpholine rings is 1. The van der Waals surface area contributed by atoms with Gasteiger partial charge in [-0.05, 0) is 30.3 Å². The Labute approximate surface area is 225 Å². The number of carbonyl (C=O) groups is 4. The Kier molecular flexibility index (Phi) is 9.79. The van der Waals surface area contributed by atoms with E-state index in [1.54, 1.807) is 0 Å². The minimum Gasteiger partial charge on any atom is -0.370 e. The van der Waals surface area contributed by atoms with Crippen molar-refractivity contribution in [2.24, 2.45) is 0 Å². The van der Waals surface area contributed by atoms with E-state index in [9.17, 15) is 45.5 Å². The zero-order chi connectivity index (χ0) is 28.9. The molecule has 0 aliphatic carbocycles. The summed E-state index contributed by atoms with van der Waals surface area (Å²) in [4.78, 5) is 50.1. The Bertz CT molecular complexity index is 1250. The molecule has 3 rings (SSSR count). The molecule has 1 fully saturated rings. The van der Waals surface area contributed by atoms with Gasteiger partial charge in [0.1, 0.15) is 12.6 Å². The van der Waals surface area contributed by atoms with E-state index in [-0.39, 0.29) is 40.3 Å². The van der Waals surface area contributed by atoms with Gasteiger partial charge in [0.15, 0.2) is 0 Å². The van der Waals surface area contributed by atoms with Gasteiger partial charge in [0.2, 0.25) is 5.91 Å². The van der Waals surface area contributed by atoms with Crippen molar-refractivity contribution >= 4 is 57.9 Å². The highest BCUT2D eigenvalue weighted by molar-refractivity contribution is 7.18. The summed E-state index contributed by atoms with van der Waals surface area (Å²) in [5.74, 6) is -10.4. The maximum Gasteiger partial charge on any atom is 0.383 e. The minimum absolute atomic E-state index is 0.00807. The zero-order valence-corrected chi connectivity index (χ0v) is 21.1. The molecule has 1 aliphatic heterocycles. The normalized spacial score (nSPS) is 14.9. The number of nitrogens with zero attached hydrogens (tertiary/aromatic N) is 1. The molecule has 4 amide bonds. The molecular weight excluding hydrogens is 582 g/mol. The molecule has 3 N–H and O–H groups in total. The van der Waals surface area contributed by atoms with Crippen molar-refractivity contribution in [1.82, 2.24) is 10.6 Å². The standard InChI is InChI=1S/C22H19ClF6N4O5S/c23-15-4-3-14(39-15)19(36)30-8-12(32-21(37)22(28,29)20(26)27)18(35)31-10-1-2-13(11(7-10)17(24)25)33-5-6-38-9-16(33)34/h1-4,7,12,17,20H,5-6,8-9H2,(H,30,36)(H,31,35)(H,32,37)/t12-/m0/s1. The molecule has 1 aromatic carbocycles. The smallest absolute Gasteiger partial charge is 0.370 e. The summed E-state index contributed by atoms with van der Waals surface area (Å²) in [6.45, 7) is -1.07. The van der Waals surface area contributed by atoms with E-state index in [0.717, 1.165) is 34.4 Å². The first-order valence-corrected chi connectivity index (χ1v) is 12.1. The number of amides is 4. The van der Waals surface area contributed by atoms with E-state index in [0.29, 0.717) is 0 Å². The van der Waals surface area contributed by atoms with Gasteiger partial charge in [-0.3, -0.25) is 19.2 Å². The molecule has 212 valence electrons. The van der Waals surface area contributed by atoms with Crippen LogP contribution in [0.15, 0.2) is 30.3 Å². The van der Waals surface area contributed by atoms with Crippen LogP contribution in [0.5, 0.6) is 0 Å². The predicted octanol–water partition coefficient (Wildman–Crippen LogP) is 3.46. The van der Waals surface area contributed by atoms with Gasteiger partial charge in [-0.25, -0.2) is 17.6 Å². The van der Waals surface area contributed by atoms with Crippen molar-refractivity contribution in [2.75, 3.05) is 36.5 Å². The van der Waals surface area contributed by atoms with Gasteiger partial charge in [-0.1, -0.05) is 11.6 Å². The summed E-state index contributed by atoms with van der Waals surface area (Å²) in [7, 11) is 0. The molecule has 2 heterocycles. The van der Waals surface area contributed by atoms with Crippen molar-refractivity contribution in [3.63, 3.8) is 0 Å². The molecule has 17 heteroatoms. The average molecular weight is 601 g/mol. The number of nitrogens with one attached hydrogen (secondary N) is 3. The number of ether oxygens (including phenoxy) is 1. The highest BCUT2D eigenvalue weighted by Crippen LogP contribution is 2.33. The van der Waals surface area contributed by atoms with Gasteiger partial charge < -0.3 is 25.6 Å².